The van der Waals surface area contributed by atoms with Gasteiger partial charge in [-0.1, -0.05) is 13.2 Å². The summed E-state index contributed by atoms with van der Waals surface area (Å²) in [5, 5.41) is 0. The molecular weight excluding hydrogens is 292 g/mol. The van der Waals surface area contributed by atoms with E-state index in [0.717, 1.165) is 6.08 Å². The van der Waals surface area contributed by atoms with Crippen LogP contribution >= 0.6 is 0 Å². The average Bonchev–Trinajstić information content (AvgIpc) is 2.49. The number of hydrogen-bond donors (Lipinski definition) is 0. The molecule has 0 aliphatic carbocycles. The van der Waals surface area contributed by atoms with E-state index in [0.29, 0.717) is 25.4 Å². The molecular formula is C15H24O7. The van der Waals surface area contributed by atoms with Gasteiger partial charge in [-0.3, -0.25) is 0 Å². The molecule has 0 heterocycles. The monoisotopic (exact) mass is 316 g/mol. The normalized spacial score (nSPS) is 11.5. The summed E-state index contributed by atoms with van der Waals surface area (Å²) in [6.07, 6.45) is 0.311. The summed E-state index contributed by atoms with van der Waals surface area (Å²) in [7, 11) is 0. The maximum Gasteiger partial charge on any atom is 0.335 e. The van der Waals surface area contributed by atoms with Gasteiger partial charge in [0, 0.05) is 18.3 Å². The number of hydrogen-bond acceptors (Lipinski definition) is 7. The van der Waals surface area contributed by atoms with Crippen molar-refractivity contribution >= 4 is 11.9 Å². The minimum Gasteiger partial charge on any atom is -0.460 e. The van der Waals surface area contributed by atoms with Crippen LogP contribution in [-0.4, -0.2) is 57.9 Å². The fraction of sp³-hybridized carbons (Fsp3) is 0.600. The lowest BCUT2D eigenvalue weighted by atomic mass is 10.4. The highest BCUT2D eigenvalue weighted by Gasteiger charge is 2.15. The second kappa shape index (κ2) is 13.0. The van der Waals surface area contributed by atoms with Gasteiger partial charge in [-0.2, -0.15) is 0 Å². The van der Waals surface area contributed by atoms with Crippen molar-refractivity contribution in [2.45, 2.75) is 20.1 Å². The van der Waals surface area contributed by atoms with Gasteiger partial charge in [0.25, 0.3) is 0 Å². The molecule has 7 nitrogen and oxygen atoms in total. The second-order valence-corrected chi connectivity index (χ2v) is 4.13. The van der Waals surface area contributed by atoms with Crippen molar-refractivity contribution in [1.29, 1.82) is 0 Å². The molecule has 0 N–H and O–H groups in total. The number of rotatable bonds is 13. The molecule has 0 saturated heterocycles. The molecule has 0 aliphatic heterocycles. The predicted molar refractivity (Wildman–Crippen MR) is 79.1 cm³/mol. The van der Waals surface area contributed by atoms with Crippen LogP contribution in [0.3, 0.4) is 0 Å². The summed E-state index contributed by atoms with van der Waals surface area (Å²) >= 11 is 0. The Kier molecular flexibility index (Phi) is 12.0. The van der Waals surface area contributed by atoms with Crippen LogP contribution in [0.25, 0.3) is 0 Å². The third-order valence-electron chi connectivity index (χ3n) is 2.20. The molecule has 0 radical (unpaired) electrons. The van der Waals surface area contributed by atoms with Crippen LogP contribution in [0.5, 0.6) is 0 Å². The molecule has 126 valence electrons. The Morgan fingerprint density at radius 2 is 1.77 bits per heavy atom. The molecule has 0 rings (SSSR count). The van der Waals surface area contributed by atoms with Gasteiger partial charge >= 0.3 is 11.9 Å². The Bertz CT molecular complexity index is 365. The zero-order valence-corrected chi connectivity index (χ0v) is 13.2. The fourth-order valence-electron chi connectivity index (χ4n) is 1.18. The van der Waals surface area contributed by atoms with Gasteiger partial charge < -0.3 is 23.7 Å². The average molecular weight is 316 g/mol. The largest absolute Gasteiger partial charge is 0.460 e. The summed E-state index contributed by atoms with van der Waals surface area (Å²) in [6.45, 7) is 11.6. The Morgan fingerprint density at radius 3 is 2.36 bits per heavy atom. The third-order valence-corrected chi connectivity index (χ3v) is 2.20. The molecule has 7 heteroatoms. The van der Waals surface area contributed by atoms with Gasteiger partial charge in [0.05, 0.1) is 19.8 Å². The molecule has 0 aromatic heterocycles. The van der Waals surface area contributed by atoms with E-state index in [1.807, 2.05) is 0 Å². The van der Waals surface area contributed by atoms with E-state index in [-0.39, 0.29) is 19.8 Å². The van der Waals surface area contributed by atoms with Gasteiger partial charge in [0.15, 0.2) is 0 Å². The van der Waals surface area contributed by atoms with Crippen LogP contribution in [0.4, 0.5) is 0 Å². The van der Waals surface area contributed by atoms with E-state index in [2.05, 4.69) is 13.2 Å². The van der Waals surface area contributed by atoms with Crippen molar-refractivity contribution < 1.29 is 33.3 Å². The van der Waals surface area contributed by atoms with E-state index >= 15 is 0 Å². The van der Waals surface area contributed by atoms with Gasteiger partial charge in [-0.25, -0.2) is 9.59 Å². The first-order chi connectivity index (χ1) is 10.5. The molecule has 0 aromatic carbocycles. The minimum absolute atomic E-state index is 0.0989. The zero-order valence-electron chi connectivity index (χ0n) is 13.2. The molecule has 0 amide bonds. The fourth-order valence-corrected chi connectivity index (χ4v) is 1.18. The summed E-state index contributed by atoms with van der Waals surface area (Å²) in [5.41, 5.74) is 0.294. The lowest BCUT2D eigenvalue weighted by molar-refractivity contribution is -0.186. The zero-order chi connectivity index (χ0) is 16.8. The summed E-state index contributed by atoms with van der Waals surface area (Å²) in [5.74, 6) is -1.01. The van der Waals surface area contributed by atoms with Crippen LogP contribution in [-0.2, 0) is 33.3 Å². The van der Waals surface area contributed by atoms with Gasteiger partial charge in [0.2, 0.25) is 6.29 Å². The van der Waals surface area contributed by atoms with Crippen LogP contribution in [0, 0.1) is 0 Å². The summed E-state index contributed by atoms with van der Waals surface area (Å²) in [6, 6.07) is 0. The first-order valence-electron chi connectivity index (χ1n) is 6.94. The van der Waals surface area contributed by atoms with E-state index < -0.39 is 18.2 Å². The summed E-state index contributed by atoms with van der Waals surface area (Å²) in [4.78, 5) is 22.1. The number of ether oxygens (including phenoxy) is 5. The van der Waals surface area contributed by atoms with Crippen LogP contribution in [0.2, 0.25) is 0 Å². The number of carbonyl (C=O) groups excluding carboxylic acids is 2. The van der Waals surface area contributed by atoms with E-state index in [4.69, 9.17) is 23.7 Å². The van der Waals surface area contributed by atoms with Gasteiger partial charge in [0.1, 0.15) is 13.2 Å². The Labute approximate surface area is 130 Å². The first-order valence-corrected chi connectivity index (χ1v) is 6.94. The predicted octanol–water partition coefficient (Wildman–Crippen LogP) is 1.23. The quantitative estimate of drug-likeness (QED) is 0.219. The smallest absolute Gasteiger partial charge is 0.335 e. The Hall–Kier alpha value is -1.70. The van der Waals surface area contributed by atoms with Crippen molar-refractivity contribution in [3.05, 3.63) is 24.8 Å². The molecule has 0 aromatic rings. The molecule has 1 atom stereocenters. The third kappa shape index (κ3) is 11.0. The van der Waals surface area contributed by atoms with Crippen molar-refractivity contribution in [3.63, 3.8) is 0 Å². The first kappa shape index (κ1) is 20.3. The maximum atomic E-state index is 11.4. The molecule has 0 spiro atoms. The van der Waals surface area contributed by atoms with Crippen molar-refractivity contribution in [2.75, 3.05) is 39.6 Å². The Morgan fingerprint density at radius 1 is 1.14 bits per heavy atom. The van der Waals surface area contributed by atoms with Crippen LogP contribution in [0.1, 0.15) is 13.8 Å². The van der Waals surface area contributed by atoms with E-state index in [1.165, 1.54) is 0 Å². The molecule has 0 saturated carbocycles. The highest BCUT2D eigenvalue weighted by molar-refractivity contribution is 5.87. The highest BCUT2D eigenvalue weighted by Crippen LogP contribution is 2.01. The Balaban J connectivity index is 3.68. The number of esters is 2. The summed E-state index contributed by atoms with van der Waals surface area (Å²) < 4.78 is 25.5. The molecule has 0 fully saturated rings. The maximum absolute atomic E-state index is 11.4. The van der Waals surface area contributed by atoms with Gasteiger partial charge in [-0.05, 0) is 13.8 Å². The molecule has 0 bridgehead atoms. The van der Waals surface area contributed by atoms with Gasteiger partial charge in [-0.15, -0.1) is 0 Å². The van der Waals surface area contributed by atoms with E-state index in [1.54, 1.807) is 13.8 Å². The van der Waals surface area contributed by atoms with Crippen molar-refractivity contribution in [1.82, 2.24) is 0 Å². The molecule has 1 unspecified atom stereocenters. The highest BCUT2D eigenvalue weighted by atomic mass is 16.7. The van der Waals surface area contributed by atoms with E-state index in [9.17, 15) is 9.59 Å². The van der Waals surface area contributed by atoms with Crippen LogP contribution in [0.15, 0.2) is 24.8 Å². The minimum atomic E-state index is -0.775. The van der Waals surface area contributed by atoms with Crippen LogP contribution < -0.4 is 0 Å². The van der Waals surface area contributed by atoms with Crippen molar-refractivity contribution in [2.24, 2.45) is 0 Å². The lowest BCUT2D eigenvalue weighted by Gasteiger charge is -2.17. The topological polar surface area (TPSA) is 80.3 Å². The number of carbonyl (C=O) groups is 2. The standard InChI is InChI=1S/C15H24O7/c1-5-13(16)21-10-9-18-7-8-19-11-14(20-6-2)22-15(17)12(3)4/h5,14H,1,3,6-11H2,2,4H3. The second-order valence-electron chi connectivity index (χ2n) is 4.13. The molecule has 0 aliphatic rings. The molecule has 22 heavy (non-hydrogen) atoms. The van der Waals surface area contributed by atoms with Crippen molar-refractivity contribution in [3.8, 4) is 0 Å². The lowest BCUT2D eigenvalue weighted by Crippen LogP contribution is -2.27. The SMILES string of the molecule is C=CC(=O)OCCOCCOCC(OCC)OC(=O)C(=C)C.